The van der Waals surface area contributed by atoms with Crippen LogP contribution in [0.5, 0.6) is 0 Å². The molecular weight excluding hydrogens is 387 g/mol. The number of rotatable bonds is 3. The minimum absolute atomic E-state index is 0. The first kappa shape index (κ1) is 16.7. The van der Waals surface area contributed by atoms with Crippen molar-refractivity contribution in [3.05, 3.63) is 71.0 Å². The van der Waals surface area contributed by atoms with Crippen molar-refractivity contribution in [3.8, 4) is 0 Å². The molecule has 3 nitrogen and oxygen atoms in total. The zero-order valence-electron chi connectivity index (χ0n) is 10.9. The first-order valence-corrected chi connectivity index (χ1v) is 6.25. The summed E-state index contributed by atoms with van der Waals surface area (Å²) in [6.07, 6.45) is 3.36. The molecule has 1 heterocycles. The second kappa shape index (κ2) is 8.01. The number of hydrogen-bond acceptors (Lipinski definition) is 1. The van der Waals surface area contributed by atoms with Crippen LogP contribution in [-0.2, 0) is 4.79 Å². The molecule has 0 atom stereocenters. The smallest absolute Gasteiger partial charge is 0.273 e. The standard InChI is InChI=1S/C15H13ClN2O.HI/c1-17-15(19)9-13(11-5-3-2-4-6-11)12-7-8-14(16)18-10-12;/h2-10H,1H3,(H,17,19);1H/b13-9+;. The minimum atomic E-state index is -0.145. The summed E-state index contributed by atoms with van der Waals surface area (Å²) >= 11 is 5.84. The third-order valence-corrected chi connectivity index (χ3v) is 2.93. The molecule has 0 aliphatic heterocycles. The normalized spacial score (nSPS) is 10.6. The predicted molar refractivity (Wildman–Crippen MR) is 75.6 cm³/mol. The molecule has 0 saturated carbocycles. The maximum absolute atomic E-state index is 11.6. The zero-order chi connectivity index (χ0) is 13.7. The van der Waals surface area contributed by atoms with Gasteiger partial charge in [-0.1, -0.05) is 30.3 Å². The van der Waals surface area contributed by atoms with Crippen LogP contribution in [0, 0.1) is 0 Å². The number of hydrogen-bond donors (Lipinski definition) is 1. The zero-order valence-corrected chi connectivity index (χ0v) is 13.8. The van der Waals surface area contributed by atoms with Crippen molar-refractivity contribution in [3.63, 3.8) is 0 Å². The molecule has 0 spiro atoms. The van der Waals surface area contributed by atoms with Gasteiger partial charge in [-0.2, -0.15) is 0 Å². The molecule has 104 valence electrons. The highest BCUT2D eigenvalue weighted by atomic mass is 127. The molecule has 0 radical (unpaired) electrons. The highest BCUT2D eigenvalue weighted by Crippen LogP contribution is 2.22. The van der Waals surface area contributed by atoms with Crippen LogP contribution in [0.15, 0.2) is 54.7 Å². The molecule has 0 aliphatic carbocycles. The molecule has 20 heavy (non-hydrogen) atoms. The summed E-state index contributed by atoms with van der Waals surface area (Å²) in [5.41, 5.74) is 2.72. The van der Waals surface area contributed by atoms with E-state index in [0.29, 0.717) is 5.15 Å². The van der Waals surface area contributed by atoms with Crippen molar-refractivity contribution in [1.82, 2.24) is 5.32 Å². The third-order valence-electron chi connectivity index (χ3n) is 2.69. The summed E-state index contributed by atoms with van der Waals surface area (Å²) in [4.78, 5) is 14.5. The molecule has 0 saturated heterocycles. The topological polar surface area (TPSA) is 43.2 Å². The number of pyridine rings is 1. The summed E-state index contributed by atoms with van der Waals surface area (Å²) < 4.78 is 0. The van der Waals surface area contributed by atoms with Crippen LogP contribution < -0.4 is 34.3 Å². The minimum Gasteiger partial charge on any atom is -1.00 e. The van der Waals surface area contributed by atoms with Gasteiger partial charge in [0, 0.05) is 30.3 Å². The number of amides is 1. The number of carbonyl (C=O) groups is 1. The molecule has 0 fully saturated rings. The van der Waals surface area contributed by atoms with E-state index >= 15 is 0 Å². The van der Waals surface area contributed by atoms with Gasteiger partial charge in [0.1, 0.15) is 0 Å². The van der Waals surface area contributed by atoms with Gasteiger partial charge in [-0.05, 0) is 23.2 Å². The van der Waals surface area contributed by atoms with Crippen LogP contribution in [0.1, 0.15) is 11.1 Å². The lowest BCUT2D eigenvalue weighted by Gasteiger charge is -2.06. The molecular formula is C15H14ClIN2O. The second-order valence-electron chi connectivity index (χ2n) is 3.96. The highest BCUT2D eigenvalue weighted by Gasteiger charge is 2.09. The van der Waals surface area contributed by atoms with Crippen LogP contribution in [0.2, 0.25) is 5.15 Å². The van der Waals surface area contributed by atoms with Crippen molar-refractivity contribution in [1.29, 1.82) is 0 Å². The number of halogens is 2. The summed E-state index contributed by atoms with van der Waals surface area (Å²) in [6, 6.07) is 13.4. The van der Waals surface area contributed by atoms with E-state index in [-0.39, 0.29) is 29.9 Å². The maximum Gasteiger partial charge on any atom is 0.273 e. The van der Waals surface area contributed by atoms with Crippen molar-refractivity contribution in [2.45, 2.75) is 0 Å². The Kier molecular flexibility index (Phi) is 6.67. The van der Waals surface area contributed by atoms with Crippen LogP contribution >= 0.6 is 11.6 Å². The van der Waals surface area contributed by atoms with Crippen LogP contribution in [0.25, 0.3) is 5.57 Å². The average molecular weight is 401 g/mol. The van der Waals surface area contributed by atoms with E-state index in [4.69, 9.17) is 11.6 Å². The summed E-state index contributed by atoms with van der Waals surface area (Å²) in [7, 11) is 1.61. The molecule has 0 unspecified atom stereocenters. The third kappa shape index (κ3) is 4.31. The monoisotopic (exact) mass is 400 g/mol. The van der Waals surface area contributed by atoms with E-state index in [9.17, 15) is 4.79 Å². The van der Waals surface area contributed by atoms with Crippen molar-refractivity contribution >= 4 is 23.1 Å². The van der Waals surface area contributed by atoms with Crippen molar-refractivity contribution < 1.29 is 33.8 Å². The van der Waals surface area contributed by atoms with Gasteiger partial charge in [0.25, 0.3) is 5.15 Å². The van der Waals surface area contributed by atoms with Crippen molar-refractivity contribution in [2.75, 3.05) is 7.05 Å². The van der Waals surface area contributed by atoms with E-state index in [0.717, 1.165) is 16.7 Å². The fraction of sp³-hybridized carbons (Fsp3) is 0.0667. The number of H-pyrrole nitrogens is 1. The largest absolute Gasteiger partial charge is 1.00 e. The van der Waals surface area contributed by atoms with E-state index < -0.39 is 0 Å². The Morgan fingerprint density at radius 2 is 1.85 bits per heavy atom. The lowest BCUT2D eigenvalue weighted by molar-refractivity contribution is -0.375. The molecule has 2 rings (SSSR count). The number of nitrogens with one attached hydrogen (secondary N) is 2. The SMILES string of the molecule is CNC(=O)/C=C(\c1ccccc1)c1ccc(Cl)[nH+]c1.[I-]. The van der Waals surface area contributed by atoms with Gasteiger partial charge in [-0.25, -0.2) is 4.98 Å². The van der Waals surface area contributed by atoms with Gasteiger partial charge in [0.05, 0.1) is 0 Å². The van der Waals surface area contributed by atoms with Crippen LogP contribution in [-0.4, -0.2) is 13.0 Å². The van der Waals surface area contributed by atoms with Gasteiger partial charge >= 0.3 is 0 Å². The first-order chi connectivity index (χ1) is 9.20. The van der Waals surface area contributed by atoms with E-state index in [1.165, 1.54) is 0 Å². The van der Waals surface area contributed by atoms with E-state index in [1.807, 2.05) is 36.4 Å². The highest BCUT2D eigenvalue weighted by molar-refractivity contribution is 6.28. The second-order valence-corrected chi connectivity index (χ2v) is 4.37. The van der Waals surface area contributed by atoms with Gasteiger partial charge in [-0.15, -0.1) is 0 Å². The molecule has 0 bridgehead atoms. The Labute approximate surface area is 140 Å². The summed E-state index contributed by atoms with van der Waals surface area (Å²) in [5, 5.41) is 3.15. The summed E-state index contributed by atoms with van der Waals surface area (Å²) in [6.45, 7) is 0. The maximum atomic E-state index is 11.6. The fourth-order valence-electron chi connectivity index (χ4n) is 1.73. The lowest BCUT2D eigenvalue weighted by Crippen LogP contribution is -3.00. The van der Waals surface area contributed by atoms with Crippen LogP contribution in [0.3, 0.4) is 0 Å². The summed E-state index contributed by atoms with van der Waals surface area (Å²) in [5.74, 6) is -0.145. The molecule has 2 N–H and O–H groups in total. The number of benzene rings is 1. The quantitative estimate of drug-likeness (QED) is 0.415. The molecule has 0 aliphatic rings. The first-order valence-electron chi connectivity index (χ1n) is 5.87. The Bertz CT molecular complexity index is 597. The molecule has 1 aromatic carbocycles. The van der Waals surface area contributed by atoms with Gasteiger partial charge in [-0.3, -0.25) is 4.79 Å². The number of carbonyl (C=O) groups excluding carboxylic acids is 1. The Hall–Kier alpha value is -1.40. The van der Waals surface area contributed by atoms with E-state index in [2.05, 4.69) is 10.3 Å². The number of aromatic nitrogens is 1. The van der Waals surface area contributed by atoms with Crippen molar-refractivity contribution in [2.24, 2.45) is 0 Å². The lowest BCUT2D eigenvalue weighted by atomic mass is 9.99. The Morgan fingerprint density at radius 1 is 1.15 bits per heavy atom. The average Bonchev–Trinajstić information content (AvgIpc) is 2.46. The predicted octanol–water partition coefficient (Wildman–Crippen LogP) is -0.664. The van der Waals surface area contributed by atoms with Gasteiger partial charge in [0.15, 0.2) is 6.20 Å². The molecule has 5 heteroatoms. The molecule has 2 aromatic rings. The fourth-order valence-corrected chi connectivity index (χ4v) is 1.85. The van der Waals surface area contributed by atoms with Gasteiger partial charge < -0.3 is 29.3 Å². The van der Waals surface area contributed by atoms with E-state index in [1.54, 1.807) is 25.4 Å². The molecule has 1 aromatic heterocycles. The Morgan fingerprint density at radius 3 is 2.40 bits per heavy atom. The van der Waals surface area contributed by atoms with Crippen LogP contribution in [0.4, 0.5) is 0 Å². The Balaban J connectivity index is 0.00000200. The number of aromatic amines is 1. The number of likely N-dealkylation sites (N-methyl/N-ethyl adjacent to an activating group) is 1. The molecule has 1 amide bonds. The van der Waals surface area contributed by atoms with Gasteiger partial charge in [0.2, 0.25) is 5.91 Å².